The molecule has 1 atom stereocenters. The molecule has 0 aliphatic rings. The van der Waals surface area contributed by atoms with Crippen molar-refractivity contribution < 1.29 is 13.9 Å². The summed E-state index contributed by atoms with van der Waals surface area (Å²) in [7, 11) is 0. The molecule has 3 rings (SSSR count). The van der Waals surface area contributed by atoms with Gasteiger partial charge in [0.05, 0.1) is 0 Å². The molecule has 0 bridgehead atoms. The van der Waals surface area contributed by atoms with Crippen molar-refractivity contribution in [1.29, 1.82) is 0 Å². The Hall–Kier alpha value is -3.21. The van der Waals surface area contributed by atoms with E-state index >= 15 is 0 Å². The van der Waals surface area contributed by atoms with Gasteiger partial charge in [-0.1, -0.05) is 19.1 Å². The highest BCUT2D eigenvalue weighted by molar-refractivity contribution is 5.94. The van der Waals surface area contributed by atoms with E-state index in [0.717, 1.165) is 12.0 Å². The minimum atomic E-state index is -0.646. The van der Waals surface area contributed by atoms with Crippen molar-refractivity contribution in [3.05, 3.63) is 90.0 Å². The molecule has 0 aliphatic carbocycles. The quantitative estimate of drug-likeness (QED) is 0.666. The van der Waals surface area contributed by atoms with E-state index in [1.165, 1.54) is 29.8 Å². The molecule has 0 radical (unpaired) electrons. The Kier molecular flexibility index (Phi) is 6.15. The maximum absolute atomic E-state index is 13.0. The van der Waals surface area contributed by atoms with Crippen LogP contribution in [0.25, 0.3) is 0 Å². The summed E-state index contributed by atoms with van der Waals surface area (Å²) >= 11 is 0. The van der Waals surface area contributed by atoms with Gasteiger partial charge in [-0.2, -0.15) is 0 Å². The molecule has 1 amide bonds. The van der Waals surface area contributed by atoms with Gasteiger partial charge < -0.3 is 10.1 Å². The van der Waals surface area contributed by atoms with E-state index in [1.54, 1.807) is 12.4 Å². The summed E-state index contributed by atoms with van der Waals surface area (Å²) in [4.78, 5) is 16.5. The molecule has 1 aromatic heterocycles. The normalized spacial score (nSPS) is 11.6. The molecule has 0 spiro atoms. The SMILES string of the molecule is CCC(Oc1ccc(F)cc1)C(=O)Nc1ccc(Cc2ccncc2)cc1. The van der Waals surface area contributed by atoms with E-state index in [2.05, 4.69) is 10.3 Å². The summed E-state index contributed by atoms with van der Waals surface area (Å²) in [6.45, 7) is 1.87. The highest BCUT2D eigenvalue weighted by atomic mass is 19.1. The first-order valence-corrected chi connectivity index (χ1v) is 8.85. The fourth-order valence-electron chi connectivity index (χ4n) is 2.66. The van der Waals surface area contributed by atoms with Crippen LogP contribution < -0.4 is 10.1 Å². The Morgan fingerprint density at radius 2 is 1.63 bits per heavy atom. The molecule has 1 unspecified atom stereocenters. The van der Waals surface area contributed by atoms with Crippen LogP contribution in [0.3, 0.4) is 0 Å². The second-order valence-electron chi connectivity index (χ2n) is 6.19. The molecular weight excluding hydrogens is 343 g/mol. The number of amides is 1. The molecule has 27 heavy (non-hydrogen) atoms. The standard InChI is InChI=1S/C22H21FN2O2/c1-2-21(27-20-9-5-18(23)6-10-20)22(26)25-19-7-3-16(4-8-19)15-17-11-13-24-14-12-17/h3-14,21H,2,15H2,1H3,(H,25,26). The maximum Gasteiger partial charge on any atom is 0.265 e. The number of benzene rings is 2. The van der Waals surface area contributed by atoms with Crippen LogP contribution in [0, 0.1) is 5.82 Å². The second-order valence-corrected chi connectivity index (χ2v) is 6.19. The van der Waals surface area contributed by atoms with Crippen LogP contribution in [-0.4, -0.2) is 17.0 Å². The number of halogens is 1. The molecule has 138 valence electrons. The van der Waals surface area contributed by atoms with E-state index in [9.17, 15) is 9.18 Å². The van der Waals surface area contributed by atoms with Crippen molar-refractivity contribution in [2.24, 2.45) is 0 Å². The van der Waals surface area contributed by atoms with Gasteiger partial charge in [-0.25, -0.2) is 4.39 Å². The van der Waals surface area contributed by atoms with Crippen LogP contribution in [0.4, 0.5) is 10.1 Å². The van der Waals surface area contributed by atoms with Gasteiger partial charge >= 0.3 is 0 Å². The Labute approximate surface area is 158 Å². The first kappa shape index (κ1) is 18.6. The zero-order valence-corrected chi connectivity index (χ0v) is 15.1. The summed E-state index contributed by atoms with van der Waals surface area (Å²) in [5.41, 5.74) is 3.04. The Balaban J connectivity index is 1.59. The van der Waals surface area contributed by atoms with Gasteiger partial charge in [-0.3, -0.25) is 9.78 Å². The summed E-state index contributed by atoms with van der Waals surface area (Å²) in [6, 6.07) is 17.3. The molecule has 0 fully saturated rings. The third-order valence-corrected chi connectivity index (χ3v) is 4.13. The van der Waals surface area contributed by atoms with Crippen LogP contribution in [0.1, 0.15) is 24.5 Å². The smallest absolute Gasteiger partial charge is 0.265 e. The fourth-order valence-corrected chi connectivity index (χ4v) is 2.66. The predicted molar refractivity (Wildman–Crippen MR) is 103 cm³/mol. The number of aromatic nitrogens is 1. The van der Waals surface area contributed by atoms with Crippen molar-refractivity contribution in [3.63, 3.8) is 0 Å². The van der Waals surface area contributed by atoms with Gasteiger partial charge in [0.2, 0.25) is 0 Å². The van der Waals surface area contributed by atoms with Crippen LogP contribution in [0.5, 0.6) is 5.75 Å². The first-order chi connectivity index (χ1) is 13.1. The number of anilines is 1. The summed E-state index contributed by atoms with van der Waals surface area (Å²) < 4.78 is 18.7. The summed E-state index contributed by atoms with van der Waals surface area (Å²) in [5, 5.41) is 2.87. The molecular formula is C22H21FN2O2. The molecule has 0 saturated carbocycles. The Morgan fingerprint density at radius 3 is 2.26 bits per heavy atom. The Bertz CT molecular complexity index is 865. The molecule has 0 aliphatic heterocycles. The zero-order chi connectivity index (χ0) is 19.1. The highest BCUT2D eigenvalue weighted by Crippen LogP contribution is 2.17. The minimum Gasteiger partial charge on any atom is -0.481 e. The van der Waals surface area contributed by atoms with Crippen molar-refractivity contribution in [3.8, 4) is 5.75 Å². The van der Waals surface area contributed by atoms with Gasteiger partial charge in [0, 0.05) is 18.1 Å². The van der Waals surface area contributed by atoms with E-state index in [-0.39, 0.29) is 11.7 Å². The molecule has 1 heterocycles. The lowest BCUT2D eigenvalue weighted by atomic mass is 10.1. The van der Waals surface area contributed by atoms with Gasteiger partial charge in [0.1, 0.15) is 11.6 Å². The molecule has 3 aromatic rings. The summed E-state index contributed by atoms with van der Waals surface area (Å²) in [6.07, 6.45) is 4.21. The molecule has 4 nitrogen and oxygen atoms in total. The number of carbonyl (C=O) groups is 1. The van der Waals surface area contributed by atoms with Crippen LogP contribution in [0.15, 0.2) is 73.1 Å². The van der Waals surface area contributed by atoms with Crippen LogP contribution >= 0.6 is 0 Å². The lowest BCUT2D eigenvalue weighted by molar-refractivity contribution is -0.122. The third-order valence-electron chi connectivity index (χ3n) is 4.13. The average Bonchev–Trinajstić information content (AvgIpc) is 2.70. The number of nitrogens with zero attached hydrogens (tertiary/aromatic N) is 1. The highest BCUT2D eigenvalue weighted by Gasteiger charge is 2.18. The van der Waals surface area contributed by atoms with Crippen molar-refractivity contribution in [2.45, 2.75) is 25.9 Å². The zero-order valence-electron chi connectivity index (χ0n) is 15.1. The van der Waals surface area contributed by atoms with E-state index in [0.29, 0.717) is 17.9 Å². The van der Waals surface area contributed by atoms with Gasteiger partial charge in [0.25, 0.3) is 5.91 Å². The minimum absolute atomic E-state index is 0.233. The number of hydrogen-bond acceptors (Lipinski definition) is 3. The fraction of sp³-hybridized carbons (Fsp3) is 0.182. The lowest BCUT2D eigenvalue weighted by Gasteiger charge is -2.17. The van der Waals surface area contributed by atoms with Crippen LogP contribution in [-0.2, 0) is 11.2 Å². The Morgan fingerprint density at radius 1 is 1.00 bits per heavy atom. The molecule has 5 heteroatoms. The van der Waals surface area contributed by atoms with Crippen molar-refractivity contribution >= 4 is 11.6 Å². The average molecular weight is 364 g/mol. The number of ether oxygens (including phenoxy) is 1. The van der Waals surface area contributed by atoms with Crippen LogP contribution in [0.2, 0.25) is 0 Å². The number of nitrogens with one attached hydrogen (secondary N) is 1. The van der Waals surface area contributed by atoms with Gasteiger partial charge in [-0.15, -0.1) is 0 Å². The predicted octanol–water partition coefficient (Wildman–Crippen LogP) is 4.61. The number of pyridine rings is 1. The monoisotopic (exact) mass is 364 g/mol. The summed E-state index contributed by atoms with van der Waals surface area (Å²) in [5.74, 6) is -0.110. The lowest BCUT2D eigenvalue weighted by Crippen LogP contribution is -2.32. The number of hydrogen-bond donors (Lipinski definition) is 1. The molecule has 2 aromatic carbocycles. The number of rotatable bonds is 7. The van der Waals surface area contributed by atoms with Crippen molar-refractivity contribution in [1.82, 2.24) is 4.98 Å². The van der Waals surface area contributed by atoms with E-state index in [4.69, 9.17) is 4.74 Å². The second kappa shape index (κ2) is 8.94. The topological polar surface area (TPSA) is 51.2 Å². The van der Waals surface area contributed by atoms with E-state index in [1.807, 2.05) is 43.3 Å². The van der Waals surface area contributed by atoms with Gasteiger partial charge in [0.15, 0.2) is 6.10 Å². The molecule has 0 saturated heterocycles. The van der Waals surface area contributed by atoms with Gasteiger partial charge in [-0.05, 0) is 72.5 Å². The largest absolute Gasteiger partial charge is 0.481 e. The maximum atomic E-state index is 13.0. The van der Waals surface area contributed by atoms with E-state index < -0.39 is 6.10 Å². The van der Waals surface area contributed by atoms with Crippen molar-refractivity contribution in [2.75, 3.05) is 5.32 Å². The molecule has 1 N–H and O–H groups in total. The number of carbonyl (C=O) groups excluding carboxylic acids is 1. The third kappa shape index (κ3) is 5.38. The first-order valence-electron chi connectivity index (χ1n) is 8.85.